The lowest BCUT2D eigenvalue weighted by molar-refractivity contribution is 0.627. The van der Waals surface area contributed by atoms with Crippen LogP contribution in [-0.4, -0.2) is 19.2 Å². The lowest BCUT2D eigenvalue weighted by atomic mass is 10.1. The van der Waals surface area contributed by atoms with Crippen LogP contribution in [0.1, 0.15) is 43.1 Å². The van der Waals surface area contributed by atoms with Gasteiger partial charge in [-0.25, -0.2) is 4.98 Å². The van der Waals surface area contributed by atoms with Gasteiger partial charge in [-0.1, -0.05) is 12.8 Å². The Hall–Kier alpha value is -0.880. The molecule has 2 heterocycles. The fraction of sp³-hybridized carbons (Fsp3) is 0.636. The summed E-state index contributed by atoms with van der Waals surface area (Å²) in [6, 6.07) is 0. The summed E-state index contributed by atoms with van der Waals surface area (Å²) in [4.78, 5) is 4.51. The minimum absolute atomic E-state index is 0.433. The number of aryl methyl sites for hydroxylation is 1. The Morgan fingerprint density at radius 2 is 2.12 bits per heavy atom. The first-order chi connectivity index (χ1) is 8.22. The molecule has 0 aromatic carbocycles. The largest absolute Gasteiger partial charge is 0.325 e. The molecule has 2 aromatic heterocycles. The van der Waals surface area contributed by atoms with Gasteiger partial charge in [0.05, 0.1) is 5.69 Å². The molecule has 0 radical (unpaired) electrons. The minimum atomic E-state index is 0.433. The van der Waals surface area contributed by atoms with Crippen molar-refractivity contribution < 1.29 is 0 Å². The second-order valence-electron chi connectivity index (χ2n) is 4.66. The highest BCUT2D eigenvalue weighted by atomic mass is 79.9. The first-order valence-corrected chi connectivity index (χ1v) is 6.81. The van der Waals surface area contributed by atoms with Crippen LogP contribution in [0, 0.1) is 0 Å². The molecule has 2 aromatic rings. The fourth-order valence-electron chi connectivity index (χ4n) is 2.67. The minimum Gasteiger partial charge on any atom is -0.325 e. The van der Waals surface area contributed by atoms with Gasteiger partial charge in [0.15, 0.2) is 0 Å². The zero-order valence-corrected chi connectivity index (χ0v) is 11.4. The number of nitrogens with zero attached hydrogens (tertiary/aromatic N) is 4. The van der Waals surface area contributed by atoms with E-state index in [0.717, 1.165) is 21.9 Å². The Morgan fingerprint density at radius 1 is 1.41 bits per heavy atom. The molecule has 3 rings (SSSR count). The van der Waals surface area contributed by atoms with Crippen molar-refractivity contribution in [3.05, 3.63) is 16.1 Å². The molecule has 1 saturated carbocycles. The van der Waals surface area contributed by atoms with E-state index in [2.05, 4.69) is 30.6 Å². The molecule has 0 aliphatic heterocycles. The first-order valence-electron chi connectivity index (χ1n) is 6.02. The van der Waals surface area contributed by atoms with Crippen LogP contribution < -0.4 is 5.73 Å². The molecule has 0 atom stereocenters. The third-order valence-corrected chi connectivity index (χ3v) is 4.40. The van der Waals surface area contributed by atoms with Gasteiger partial charge < -0.3 is 5.73 Å². The van der Waals surface area contributed by atoms with Gasteiger partial charge in [0.1, 0.15) is 10.4 Å². The van der Waals surface area contributed by atoms with E-state index in [1.807, 2.05) is 11.6 Å². The van der Waals surface area contributed by atoms with Crippen LogP contribution in [0.4, 0.5) is 0 Å². The molecule has 1 aliphatic carbocycles. The standard InChI is InChI=1S/C11H16BrN5/c1-16-10(7-4-2-3-5-7)15-17-9(12)8(6-13)14-11(16)17/h7H,2-6,13H2,1H3. The molecule has 17 heavy (non-hydrogen) atoms. The van der Waals surface area contributed by atoms with Gasteiger partial charge in [-0.3, -0.25) is 4.57 Å². The van der Waals surface area contributed by atoms with E-state index in [4.69, 9.17) is 5.73 Å². The van der Waals surface area contributed by atoms with Gasteiger partial charge in [0.25, 0.3) is 0 Å². The van der Waals surface area contributed by atoms with Crippen molar-refractivity contribution in [2.75, 3.05) is 0 Å². The summed E-state index contributed by atoms with van der Waals surface area (Å²) in [5, 5.41) is 4.68. The Morgan fingerprint density at radius 3 is 2.71 bits per heavy atom. The van der Waals surface area contributed by atoms with E-state index in [1.165, 1.54) is 25.7 Å². The van der Waals surface area contributed by atoms with E-state index in [9.17, 15) is 0 Å². The summed E-state index contributed by atoms with van der Waals surface area (Å²) in [5.41, 5.74) is 6.50. The Labute approximate surface area is 108 Å². The molecule has 1 aliphatic rings. The zero-order chi connectivity index (χ0) is 12.0. The number of rotatable bonds is 2. The zero-order valence-electron chi connectivity index (χ0n) is 9.86. The van der Waals surface area contributed by atoms with Gasteiger partial charge >= 0.3 is 0 Å². The summed E-state index contributed by atoms with van der Waals surface area (Å²) in [5.74, 6) is 2.61. The summed E-state index contributed by atoms with van der Waals surface area (Å²) in [6.07, 6.45) is 5.12. The maximum absolute atomic E-state index is 5.64. The van der Waals surface area contributed by atoms with Crippen molar-refractivity contribution in [1.29, 1.82) is 0 Å². The molecule has 2 N–H and O–H groups in total. The van der Waals surface area contributed by atoms with Crippen molar-refractivity contribution >= 4 is 21.7 Å². The van der Waals surface area contributed by atoms with Gasteiger partial charge in [0.2, 0.25) is 5.78 Å². The van der Waals surface area contributed by atoms with Gasteiger partial charge in [-0.15, -0.1) is 0 Å². The molecular weight excluding hydrogens is 282 g/mol. The second kappa shape index (κ2) is 4.10. The lowest BCUT2D eigenvalue weighted by Crippen LogP contribution is -2.04. The average molecular weight is 298 g/mol. The van der Waals surface area contributed by atoms with Gasteiger partial charge in [-0.05, 0) is 28.8 Å². The summed E-state index contributed by atoms with van der Waals surface area (Å²) < 4.78 is 4.84. The predicted octanol–water partition coefficient (Wildman–Crippen LogP) is 1.95. The third-order valence-electron chi connectivity index (χ3n) is 3.61. The Kier molecular flexibility index (Phi) is 2.71. The number of hydrogen-bond donors (Lipinski definition) is 1. The topological polar surface area (TPSA) is 61.1 Å². The van der Waals surface area contributed by atoms with Gasteiger partial charge in [0, 0.05) is 19.5 Å². The molecule has 0 saturated heterocycles. The van der Waals surface area contributed by atoms with Crippen LogP contribution >= 0.6 is 15.9 Å². The van der Waals surface area contributed by atoms with Crippen molar-refractivity contribution in [3.63, 3.8) is 0 Å². The maximum Gasteiger partial charge on any atom is 0.233 e. The fourth-order valence-corrected chi connectivity index (χ4v) is 3.16. The summed E-state index contributed by atoms with van der Waals surface area (Å²) in [6.45, 7) is 0.433. The van der Waals surface area contributed by atoms with E-state index in [-0.39, 0.29) is 0 Å². The number of aromatic nitrogens is 4. The lowest BCUT2D eigenvalue weighted by Gasteiger charge is -2.06. The molecule has 0 spiro atoms. The number of halogens is 1. The number of hydrogen-bond acceptors (Lipinski definition) is 3. The highest BCUT2D eigenvalue weighted by Gasteiger charge is 2.24. The molecule has 6 heteroatoms. The molecule has 1 fully saturated rings. The summed E-state index contributed by atoms with van der Waals surface area (Å²) in [7, 11) is 2.04. The monoisotopic (exact) mass is 297 g/mol. The smallest absolute Gasteiger partial charge is 0.233 e. The van der Waals surface area contributed by atoms with E-state index >= 15 is 0 Å². The van der Waals surface area contributed by atoms with Crippen LogP contribution in [0.2, 0.25) is 0 Å². The average Bonchev–Trinajstić information content (AvgIpc) is 2.99. The van der Waals surface area contributed by atoms with E-state index in [1.54, 1.807) is 0 Å². The van der Waals surface area contributed by atoms with Gasteiger partial charge in [-0.2, -0.15) is 9.61 Å². The second-order valence-corrected chi connectivity index (χ2v) is 5.41. The Balaban J connectivity index is 2.12. The highest BCUT2D eigenvalue weighted by molar-refractivity contribution is 9.10. The quantitative estimate of drug-likeness (QED) is 0.921. The first kappa shape index (κ1) is 11.2. The molecule has 92 valence electrons. The van der Waals surface area contributed by atoms with E-state index < -0.39 is 0 Å². The summed E-state index contributed by atoms with van der Waals surface area (Å²) >= 11 is 3.51. The number of nitrogens with two attached hydrogens (primary N) is 1. The normalized spacial score (nSPS) is 17.4. The molecule has 0 unspecified atom stereocenters. The molecule has 0 bridgehead atoms. The van der Waals surface area contributed by atoms with Crippen LogP contribution in [0.15, 0.2) is 4.60 Å². The molecule has 5 nitrogen and oxygen atoms in total. The highest BCUT2D eigenvalue weighted by Crippen LogP contribution is 2.34. The van der Waals surface area contributed by atoms with Crippen molar-refractivity contribution in [2.45, 2.75) is 38.1 Å². The number of fused-ring (bicyclic) bond motifs is 1. The SMILES string of the molecule is Cn1c(C2CCCC2)nn2c(Br)c(CN)nc12. The maximum atomic E-state index is 5.64. The van der Waals surface area contributed by atoms with Crippen LogP contribution in [0.3, 0.4) is 0 Å². The van der Waals surface area contributed by atoms with Crippen molar-refractivity contribution in [2.24, 2.45) is 12.8 Å². The number of imidazole rings is 1. The predicted molar refractivity (Wildman–Crippen MR) is 68.8 cm³/mol. The third kappa shape index (κ3) is 1.62. The Bertz CT molecular complexity index is 550. The van der Waals surface area contributed by atoms with Crippen molar-refractivity contribution in [3.8, 4) is 0 Å². The molecule has 0 amide bonds. The van der Waals surface area contributed by atoms with Crippen molar-refractivity contribution in [1.82, 2.24) is 19.2 Å². The van der Waals surface area contributed by atoms with E-state index in [0.29, 0.717) is 12.5 Å². The molecular formula is C11H16BrN5. The van der Waals surface area contributed by atoms with Crippen LogP contribution in [-0.2, 0) is 13.6 Å². The van der Waals surface area contributed by atoms with Crippen LogP contribution in [0.25, 0.3) is 5.78 Å². The van der Waals surface area contributed by atoms with Crippen LogP contribution in [0.5, 0.6) is 0 Å².